The van der Waals surface area contributed by atoms with Crippen LogP contribution in [0.15, 0.2) is 5.38 Å². The molecule has 0 bridgehead atoms. The predicted octanol–water partition coefficient (Wildman–Crippen LogP) is 2.26. The summed E-state index contributed by atoms with van der Waals surface area (Å²) in [6.07, 6.45) is 3.78. The fourth-order valence-electron chi connectivity index (χ4n) is 2.46. The molecule has 2 rings (SSSR count). The summed E-state index contributed by atoms with van der Waals surface area (Å²) in [5.41, 5.74) is 6.63. The van der Waals surface area contributed by atoms with Gasteiger partial charge in [0.25, 0.3) is 0 Å². The van der Waals surface area contributed by atoms with Gasteiger partial charge in [-0.05, 0) is 45.7 Å². The summed E-state index contributed by atoms with van der Waals surface area (Å²) in [6, 6.07) is 0.694. The number of aromatic nitrogens is 1. The molecule has 0 atom stereocenters. The van der Waals surface area contributed by atoms with Crippen LogP contribution in [0.3, 0.4) is 0 Å². The van der Waals surface area contributed by atoms with Gasteiger partial charge < -0.3 is 10.6 Å². The summed E-state index contributed by atoms with van der Waals surface area (Å²) in [4.78, 5) is 7.13. The lowest BCUT2D eigenvalue weighted by atomic mass is 9.93. The SMILES string of the molecule is CC(C)N1CCC(Cc2nc(CN)cs2)CC1. The second-order valence-corrected chi connectivity index (χ2v) is 6.16. The Hall–Kier alpha value is -0.450. The van der Waals surface area contributed by atoms with Crippen LogP contribution >= 0.6 is 11.3 Å². The predicted molar refractivity (Wildman–Crippen MR) is 73.1 cm³/mol. The van der Waals surface area contributed by atoms with Gasteiger partial charge in [0.2, 0.25) is 0 Å². The van der Waals surface area contributed by atoms with Crippen LogP contribution in [0.2, 0.25) is 0 Å². The monoisotopic (exact) mass is 253 g/mol. The Balaban J connectivity index is 1.81. The van der Waals surface area contributed by atoms with E-state index in [1.165, 1.54) is 30.9 Å². The zero-order chi connectivity index (χ0) is 12.3. The summed E-state index contributed by atoms with van der Waals surface area (Å²) in [5.74, 6) is 0.821. The number of piperidine rings is 1. The Morgan fingerprint density at radius 3 is 2.71 bits per heavy atom. The molecule has 1 fully saturated rings. The molecule has 1 aliphatic rings. The van der Waals surface area contributed by atoms with E-state index < -0.39 is 0 Å². The highest BCUT2D eigenvalue weighted by atomic mass is 32.1. The molecule has 4 heteroatoms. The van der Waals surface area contributed by atoms with E-state index >= 15 is 0 Å². The van der Waals surface area contributed by atoms with Gasteiger partial charge in [-0.2, -0.15) is 0 Å². The third kappa shape index (κ3) is 3.50. The summed E-state index contributed by atoms with van der Waals surface area (Å²) >= 11 is 1.77. The lowest BCUT2D eigenvalue weighted by molar-refractivity contribution is 0.149. The largest absolute Gasteiger partial charge is 0.325 e. The molecule has 0 unspecified atom stereocenters. The van der Waals surface area contributed by atoms with Gasteiger partial charge in [0.15, 0.2) is 0 Å². The van der Waals surface area contributed by atoms with E-state index in [0.29, 0.717) is 12.6 Å². The van der Waals surface area contributed by atoms with Crippen LogP contribution < -0.4 is 5.73 Å². The molecular formula is C13H23N3S. The topological polar surface area (TPSA) is 42.2 Å². The Bertz CT molecular complexity index is 340. The molecule has 2 heterocycles. The lowest BCUT2D eigenvalue weighted by Gasteiger charge is -2.34. The van der Waals surface area contributed by atoms with E-state index in [9.17, 15) is 0 Å². The van der Waals surface area contributed by atoms with Crippen LogP contribution in [-0.2, 0) is 13.0 Å². The minimum absolute atomic E-state index is 0.572. The molecule has 0 radical (unpaired) electrons. The molecule has 1 aliphatic heterocycles. The van der Waals surface area contributed by atoms with Gasteiger partial charge >= 0.3 is 0 Å². The molecule has 17 heavy (non-hydrogen) atoms. The molecule has 3 nitrogen and oxygen atoms in total. The first-order valence-corrected chi connectivity index (χ1v) is 7.44. The molecular weight excluding hydrogens is 230 g/mol. The summed E-state index contributed by atoms with van der Waals surface area (Å²) < 4.78 is 0. The highest BCUT2D eigenvalue weighted by Gasteiger charge is 2.21. The molecule has 0 aromatic carbocycles. The van der Waals surface area contributed by atoms with Crippen LogP contribution in [0.5, 0.6) is 0 Å². The standard InChI is InChI=1S/C13H23N3S/c1-10(2)16-5-3-11(4-6-16)7-13-15-12(8-14)9-17-13/h9-11H,3-8,14H2,1-2H3. The number of nitrogens with zero attached hydrogens (tertiary/aromatic N) is 2. The van der Waals surface area contributed by atoms with Crippen LogP contribution in [0.4, 0.5) is 0 Å². The van der Waals surface area contributed by atoms with Gasteiger partial charge in [0.1, 0.15) is 0 Å². The van der Waals surface area contributed by atoms with Gasteiger partial charge in [-0.25, -0.2) is 4.98 Å². The molecule has 0 spiro atoms. The maximum Gasteiger partial charge on any atom is 0.0931 e. The smallest absolute Gasteiger partial charge is 0.0931 e. The number of thiazole rings is 1. The molecule has 2 N–H and O–H groups in total. The molecule has 1 aromatic heterocycles. The zero-order valence-electron chi connectivity index (χ0n) is 10.9. The Morgan fingerprint density at radius 1 is 1.47 bits per heavy atom. The highest BCUT2D eigenvalue weighted by Crippen LogP contribution is 2.24. The van der Waals surface area contributed by atoms with Crippen molar-refractivity contribution in [3.05, 3.63) is 16.1 Å². The van der Waals surface area contributed by atoms with Gasteiger partial charge in [-0.15, -0.1) is 11.3 Å². The fraction of sp³-hybridized carbons (Fsp3) is 0.769. The number of hydrogen-bond acceptors (Lipinski definition) is 4. The van der Waals surface area contributed by atoms with Crippen molar-refractivity contribution in [3.8, 4) is 0 Å². The molecule has 0 amide bonds. The van der Waals surface area contributed by atoms with Gasteiger partial charge in [0.05, 0.1) is 10.7 Å². The highest BCUT2D eigenvalue weighted by molar-refractivity contribution is 7.09. The number of rotatable bonds is 4. The quantitative estimate of drug-likeness (QED) is 0.895. The second kappa shape index (κ2) is 5.94. The number of likely N-dealkylation sites (tertiary alicyclic amines) is 1. The van der Waals surface area contributed by atoms with Crippen molar-refractivity contribution in [3.63, 3.8) is 0 Å². The van der Waals surface area contributed by atoms with Crippen molar-refractivity contribution in [2.75, 3.05) is 13.1 Å². The van der Waals surface area contributed by atoms with Crippen molar-refractivity contribution in [1.29, 1.82) is 0 Å². The summed E-state index contributed by atoms with van der Waals surface area (Å²) in [5, 5.41) is 3.37. The van der Waals surface area contributed by atoms with Crippen molar-refractivity contribution in [1.82, 2.24) is 9.88 Å². The number of nitrogens with two attached hydrogens (primary N) is 1. The third-order valence-corrected chi connectivity index (χ3v) is 4.57. The van der Waals surface area contributed by atoms with Crippen molar-refractivity contribution in [2.45, 2.75) is 45.7 Å². The van der Waals surface area contributed by atoms with E-state index in [4.69, 9.17) is 5.73 Å². The minimum atomic E-state index is 0.572. The first-order chi connectivity index (χ1) is 8.19. The molecule has 1 aromatic rings. The molecule has 0 aliphatic carbocycles. The van der Waals surface area contributed by atoms with Crippen LogP contribution in [0.25, 0.3) is 0 Å². The van der Waals surface area contributed by atoms with E-state index in [2.05, 4.69) is 29.1 Å². The molecule has 1 saturated heterocycles. The zero-order valence-corrected chi connectivity index (χ0v) is 11.7. The molecule has 96 valence electrons. The maximum atomic E-state index is 5.59. The Kier molecular flexibility index (Phi) is 4.54. The van der Waals surface area contributed by atoms with Gasteiger partial charge in [0, 0.05) is 24.4 Å². The first-order valence-electron chi connectivity index (χ1n) is 6.56. The normalized spacial score (nSPS) is 19.1. The summed E-state index contributed by atoms with van der Waals surface area (Å²) in [6.45, 7) is 7.64. The third-order valence-electron chi connectivity index (χ3n) is 3.65. The Labute approximate surface area is 108 Å². The lowest BCUT2D eigenvalue weighted by Crippen LogP contribution is -2.38. The average molecular weight is 253 g/mol. The van der Waals surface area contributed by atoms with E-state index in [0.717, 1.165) is 18.0 Å². The summed E-state index contributed by atoms with van der Waals surface area (Å²) in [7, 11) is 0. The second-order valence-electron chi connectivity index (χ2n) is 5.21. The van der Waals surface area contributed by atoms with Gasteiger partial charge in [-0.3, -0.25) is 0 Å². The Morgan fingerprint density at radius 2 is 2.18 bits per heavy atom. The minimum Gasteiger partial charge on any atom is -0.325 e. The van der Waals surface area contributed by atoms with Gasteiger partial charge in [-0.1, -0.05) is 0 Å². The van der Waals surface area contributed by atoms with Crippen LogP contribution in [0, 0.1) is 5.92 Å². The van der Waals surface area contributed by atoms with Crippen molar-refractivity contribution in [2.24, 2.45) is 11.7 Å². The van der Waals surface area contributed by atoms with E-state index in [1.54, 1.807) is 11.3 Å². The van der Waals surface area contributed by atoms with Crippen LogP contribution in [0.1, 0.15) is 37.4 Å². The van der Waals surface area contributed by atoms with E-state index in [-0.39, 0.29) is 0 Å². The average Bonchev–Trinajstić information content (AvgIpc) is 2.77. The first kappa shape index (κ1) is 13.0. The van der Waals surface area contributed by atoms with Crippen LogP contribution in [-0.4, -0.2) is 29.0 Å². The molecule has 0 saturated carbocycles. The van der Waals surface area contributed by atoms with E-state index in [1.807, 2.05) is 0 Å². The maximum absolute atomic E-state index is 5.59. The van der Waals surface area contributed by atoms with Crippen molar-refractivity contribution >= 4 is 11.3 Å². The number of hydrogen-bond donors (Lipinski definition) is 1. The van der Waals surface area contributed by atoms with Crippen molar-refractivity contribution < 1.29 is 0 Å². The fourth-order valence-corrected chi connectivity index (χ4v) is 3.38.